The highest BCUT2D eigenvalue weighted by molar-refractivity contribution is 14.1. The number of ether oxygens (including phenoxy) is 1. The van der Waals surface area contributed by atoms with E-state index in [0.717, 1.165) is 35.5 Å². The molecule has 0 spiro atoms. The topological polar surface area (TPSA) is 59.1 Å². The number of para-hydroxylation sites is 2. The highest BCUT2D eigenvalue weighted by Gasteiger charge is 2.35. The van der Waals surface area contributed by atoms with Crippen LogP contribution in [0.1, 0.15) is 31.2 Å². The van der Waals surface area contributed by atoms with Crippen LogP contribution in [-0.4, -0.2) is 16.1 Å². The summed E-state index contributed by atoms with van der Waals surface area (Å²) in [5, 5.41) is 5.76. The van der Waals surface area contributed by atoms with Crippen molar-refractivity contribution in [3.63, 3.8) is 0 Å². The van der Waals surface area contributed by atoms with Gasteiger partial charge in [-0.2, -0.15) is 18.2 Å². The van der Waals surface area contributed by atoms with E-state index in [0.29, 0.717) is 17.1 Å². The summed E-state index contributed by atoms with van der Waals surface area (Å²) in [6.07, 6.45) is 0.332. The van der Waals surface area contributed by atoms with Crippen LogP contribution in [0.5, 0.6) is 5.75 Å². The van der Waals surface area contributed by atoms with E-state index in [2.05, 4.69) is 43.2 Å². The Hall–Kier alpha value is -2.56. The summed E-state index contributed by atoms with van der Waals surface area (Å²) in [5.41, 5.74) is 0.159. The molecule has 162 valence electrons. The maximum atomic E-state index is 13.6. The zero-order valence-electron chi connectivity index (χ0n) is 16.4. The van der Waals surface area contributed by atoms with E-state index in [1.165, 1.54) is 0 Å². The molecule has 0 radical (unpaired) electrons. The first kappa shape index (κ1) is 21.7. The summed E-state index contributed by atoms with van der Waals surface area (Å²) >= 11 is 2.17. The Morgan fingerprint density at radius 2 is 1.68 bits per heavy atom. The minimum atomic E-state index is -4.61. The molecule has 1 aliphatic carbocycles. The van der Waals surface area contributed by atoms with Gasteiger partial charge >= 0.3 is 6.18 Å². The number of nitrogens with zero attached hydrogens (tertiary/aromatic N) is 2. The Morgan fingerprint density at radius 1 is 0.968 bits per heavy atom. The van der Waals surface area contributed by atoms with Crippen molar-refractivity contribution < 1.29 is 17.9 Å². The van der Waals surface area contributed by atoms with E-state index in [1.807, 2.05) is 12.1 Å². The predicted octanol–water partition coefficient (Wildman–Crippen LogP) is 6.91. The van der Waals surface area contributed by atoms with Gasteiger partial charge in [0.05, 0.1) is 11.8 Å². The average molecular weight is 540 g/mol. The molecule has 0 amide bonds. The van der Waals surface area contributed by atoms with Gasteiger partial charge in [-0.3, -0.25) is 0 Å². The van der Waals surface area contributed by atoms with Crippen molar-refractivity contribution in [1.82, 2.24) is 9.97 Å². The van der Waals surface area contributed by atoms with Crippen LogP contribution in [0.3, 0.4) is 0 Å². The number of benzene rings is 2. The first-order valence-electron chi connectivity index (χ1n) is 9.88. The highest BCUT2D eigenvalue weighted by Crippen LogP contribution is 2.37. The van der Waals surface area contributed by atoms with Gasteiger partial charge in [-0.25, -0.2) is 4.98 Å². The molecule has 4 rings (SSSR count). The molecule has 3 aromatic rings. The van der Waals surface area contributed by atoms with Crippen molar-refractivity contribution >= 4 is 45.7 Å². The van der Waals surface area contributed by atoms with Gasteiger partial charge in [-0.05, 0) is 84.7 Å². The van der Waals surface area contributed by atoms with Gasteiger partial charge in [0.2, 0.25) is 5.95 Å². The van der Waals surface area contributed by atoms with Crippen molar-refractivity contribution in [2.75, 3.05) is 10.6 Å². The van der Waals surface area contributed by atoms with E-state index in [9.17, 15) is 13.2 Å². The van der Waals surface area contributed by atoms with Crippen LogP contribution in [0, 0.1) is 3.57 Å². The Kier molecular flexibility index (Phi) is 6.49. The predicted molar refractivity (Wildman–Crippen MR) is 122 cm³/mol. The minimum absolute atomic E-state index is 0.0610. The second-order valence-electron chi connectivity index (χ2n) is 7.23. The van der Waals surface area contributed by atoms with Crippen LogP contribution < -0.4 is 15.4 Å². The molecule has 31 heavy (non-hydrogen) atoms. The summed E-state index contributed by atoms with van der Waals surface area (Å²) < 4.78 is 47.9. The van der Waals surface area contributed by atoms with Crippen molar-refractivity contribution in [2.24, 2.45) is 0 Å². The van der Waals surface area contributed by atoms with Gasteiger partial charge in [0.15, 0.2) is 0 Å². The van der Waals surface area contributed by atoms with E-state index >= 15 is 0 Å². The third-order valence-electron chi connectivity index (χ3n) is 4.93. The fraction of sp³-hybridized carbons (Fsp3) is 0.273. The number of anilines is 4. The third-order valence-corrected chi connectivity index (χ3v) is 5.65. The number of hydrogen-bond donors (Lipinski definition) is 2. The summed E-state index contributed by atoms with van der Waals surface area (Å²) in [7, 11) is 0. The molecule has 0 bridgehead atoms. The molecular formula is C22H20F3IN4O. The van der Waals surface area contributed by atoms with E-state index in [-0.39, 0.29) is 17.9 Å². The fourth-order valence-electron chi connectivity index (χ4n) is 3.39. The second-order valence-corrected chi connectivity index (χ2v) is 8.48. The number of alkyl halides is 3. The Bertz CT molecular complexity index is 1040. The molecule has 2 aromatic carbocycles. The molecule has 2 N–H and O–H groups in total. The van der Waals surface area contributed by atoms with E-state index in [4.69, 9.17) is 4.74 Å². The molecule has 0 aliphatic heterocycles. The molecule has 1 heterocycles. The smallest absolute Gasteiger partial charge is 0.421 e. The van der Waals surface area contributed by atoms with Crippen LogP contribution in [0.25, 0.3) is 0 Å². The standard InChI is InChI=1S/C22H20F3IN4O/c23-22(24,25)17-13-27-21(28-15-11-9-14(26)10-12-15)30-20(17)29-18-7-3-4-8-19(18)31-16-5-1-2-6-16/h3-4,7-13,16H,1-2,5-6H2,(H2,27,28,29,30). The second kappa shape index (κ2) is 9.29. The van der Waals surface area contributed by atoms with E-state index in [1.54, 1.807) is 36.4 Å². The highest BCUT2D eigenvalue weighted by atomic mass is 127. The van der Waals surface area contributed by atoms with Gasteiger partial charge in [-0.15, -0.1) is 0 Å². The molecule has 1 saturated carbocycles. The van der Waals surface area contributed by atoms with Gasteiger partial charge in [0.1, 0.15) is 17.1 Å². The molecule has 1 aliphatic rings. The van der Waals surface area contributed by atoms with Crippen molar-refractivity contribution in [1.29, 1.82) is 0 Å². The minimum Gasteiger partial charge on any atom is -0.488 e. The lowest BCUT2D eigenvalue weighted by Gasteiger charge is -2.19. The summed E-state index contributed by atoms with van der Waals surface area (Å²) in [5.74, 6) is 0.233. The van der Waals surface area contributed by atoms with Gasteiger partial charge in [-0.1, -0.05) is 12.1 Å². The lowest BCUT2D eigenvalue weighted by atomic mass is 10.2. The van der Waals surface area contributed by atoms with Crippen LogP contribution in [0.4, 0.5) is 36.3 Å². The monoisotopic (exact) mass is 540 g/mol. The van der Waals surface area contributed by atoms with Crippen LogP contribution in [-0.2, 0) is 6.18 Å². The van der Waals surface area contributed by atoms with Gasteiger partial charge in [0.25, 0.3) is 0 Å². The first-order chi connectivity index (χ1) is 14.9. The molecule has 0 atom stereocenters. The largest absolute Gasteiger partial charge is 0.488 e. The molecule has 9 heteroatoms. The van der Waals surface area contributed by atoms with Crippen LogP contribution >= 0.6 is 22.6 Å². The third kappa shape index (κ3) is 5.57. The lowest BCUT2D eigenvalue weighted by molar-refractivity contribution is -0.137. The fourth-order valence-corrected chi connectivity index (χ4v) is 3.75. The summed E-state index contributed by atoms with van der Waals surface area (Å²) in [6.45, 7) is 0. The normalized spacial score (nSPS) is 14.5. The molecule has 0 saturated heterocycles. The Labute approximate surface area is 191 Å². The lowest BCUT2D eigenvalue weighted by Crippen LogP contribution is -2.14. The van der Waals surface area contributed by atoms with Crippen molar-refractivity contribution in [3.8, 4) is 5.75 Å². The maximum Gasteiger partial charge on any atom is 0.421 e. The average Bonchev–Trinajstić information content (AvgIpc) is 3.24. The molecular weight excluding hydrogens is 520 g/mol. The zero-order valence-corrected chi connectivity index (χ0v) is 18.6. The quantitative estimate of drug-likeness (QED) is 0.333. The first-order valence-corrected chi connectivity index (χ1v) is 11.0. The SMILES string of the molecule is FC(F)(F)c1cnc(Nc2ccc(I)cc2)nc1Nc1ccccc1OC1CCCC1. The number of halogens is 4. The van der Waals surface area contributed by atoms with Gasteiger partial charge < -0.3 is 15.4 Å². The Morgan fingerprint density at radius 3 is 2.39 bits per heavy atom. The zero-order chi connectivity index (χ0) is 21.8. The maximum absolute atomic E-state index is 13.6. The summed E-state index contributed by atoms with van der Waals surface area (Å²) in [6, 6.07) is 14.3. The van der Waals surface area contributed by atoms with Crippen molar-refractivity contribution in [3.05, 3.63) is 63.9 Å². The molecule has 5 nitrogen and oxygen atoms in total. The van der Waals surface area contributed by atoms with Crippen LogP contribution in [0.2, 0.25) is 0 Å². The van der Waals surface area contributed by atoms with Gasteiger partial charge in [0, 0.05) is 15.5 Å². The van der Waals surface area contributed by atoms with Crippen LogP contribution in [0.15, 0.2) is 54.7 Å². The summed E-state index contributed by atoms with van der Waals surface area (Å²) in [4.78, 5) is 7.97. The Balaban J connectivity index is 1.63. The molecule has 1 aromatic heterocycles. The number of hydrogen-bond acceptors (Lipinski definition) is 5. The molecule has 0 unspecified atom stereocenters. The molecule has 1 fully saturated rings. The van der Waals surface area contributed by atoms with Crippen molar-refractivity contribution in [2.45, 2.75) is 38.0 Å². The number of rotatable bonds is 6. The number of nitrogens with one attached hydrogen (secondary N) is 2. The number of aromatic nitrogens is 2. The van der Waals surface area contributed by atoms with E-state index < -0.39 is 11.7 Å².